The maximum absolute atomic E-state index is 14.3. The molecule has 1 saturated heterocycles. The molecule has 0 N–H and O–H groups in total. The molecule has 1 aromatic carbocycles. The highest BCUT2D eigenvalue weighted by Crippen LogP contribution is 2.28. The Labute approximate surface area is 194 Å². The number of nitrogens with zero attached hydrogens (tertiary/aromatic N) is 6. The van der Waals surface area contributed by atoms with Gasteiger partial charge in [-0.05, 0) is 18.1 Å². The van der Waals surface area contributed by atoms with Crippen LogP contribution in [0.4, 0.5) is 10.3 Å². The van der Waals surface area contributed by atoms with Crippen molar-refractivity contribution >= 4 is 5.95 Å². The third-order valence-electron chi connectivity index (χ3n) is 5.79. The van der Waals surface area contributed by atoms with Crippen molar-refractivity contribution in [3.63, 3.8) is 0 Å². The van der Waals surface area contributed by atoms with Gasteiger partial charge in [-0.15, -0.1) is 0 Å². The van der Waals surface area contributed by atoms with Crippen molar-refractivity contribution in [3.8, 4) is 22.6 Å². The first-order valence-corrected chi connectivity index (χ1v) is 10.9. The van der Waals surface area contributed by atoms with Crippen molar-refractivity contribution in [2.75, 3.05) is 24.6 Å². The number of benzene rings is 1. The summed E-state index contributed by atoms with van der Waals surface area (Å²) < 4.78 is 27.0. The highest BCUT2D eigenvalue weighted by atomic mass is 19.1. The number of aromatic nitrogens is 5. The Bertz CT molecular complexity index is 1370. The molecule has 174 valence electrons. The number of aryl methyl sites for hydroxylation is 1. The lowest BCUT2D eigenvalue weighted by molar-refractivity contribution is 0.0685. The number of hydrogen-bond acceptors (Lipinski definition) is 8. The molecule has 0 aliphatic carbocycles. The number of rotatable bonds is 4. The second-order valence-electron chi connectivity index (χ2n) is 8.11. The van der Waals surface area contributed by atoms with E-state index in [2.05, 4.69) is 20.1 Å². The average molecular weight is 462 g/mol. The number of hydrogen-bond donors (Lipinski definition) is 0. The predicted octanol–water partition coefficient (Wildman–Crippen LogP) is 3.31. The maximum Gasteiger partial charge on any atom is 0.255 e. The third kappa shape index (κ3) is 4.32. The molecule has 0 spiro atoms. The molecule has 9 nitrogen and oxygen atoms in total. The smallest absolute Gasteiger partial charge is 0.255 e. The Kier molecular flexibility index (Phi) is 5.89. The molecule has 0 amide bonds. The summed E-state index contributed by atoms with van der Waals surface area (Å²) in [6, 6.07) is 10.7. The van der Waals surface area contributed by atoms with Gasteiger partial charge in [0.25, 0.3) is 5.56 Å². The lowest BCUT2D eigenvalue weighted by Crippen LogP contribution is -2.34. The molecule has 3 aromatic heterocycles. The first-order valence-electron chi connectivity index (χ1n) is 10.9. The summed E-state index contributed by atoms with van der Waals surface area (Å²) in [6.07, 6.45) is 3.12. The second-order valence-corrected chi connectivity index (χ2v) is 8.11. The first kappa shape index (κ1) is 21.9. The minimum Gasteiger partial charge on any atom is -0.372 e. The molecule has 1 fully saturated rings. The van der Waals surface area contributed by atoms with E-state index in [1.165, 1.54) is 22.9 Å². The summed E-state index contributed by atoms with van der Waals surface area (Å²) in [6.45, 7) is 3.46. The molecule has 1 aliphatic rings. The highest BCUT2D eigenvalue weighted by Gasteiger charge is 2.24. The van der Waals surface area contributed by atoms with Gasteiger partial charge >= 0.3 is 0 Å². The molecule has 1 aliphatic heterocycles. The van der Waals surface area contributed by atoms with E-state index in [0.717, 1.165) is 23.7 Å². The van der Waals surface area contributed by atoms with Crippen LogP contribution in [0.15, 0.2) is 58.1 Å². The molecular formula is C24H23FN6O3. The van der Waals surface area contributed by atoms with Gasteiger partial charge < -0.3 is 14.2 Å². The summed E-state index contributed by atoms with van der Waals surface area (Å²) >= 11 is 0. The number of anilines is 1. The molecular weight excluding hydrogens is 439 g/mol. The quantitative estimate of drug-likeness (QED) is 0.456. The summed E-state index contributed by atoms with van der Waals surface area (Å²) in [5.41, 5.74) is 2.08. The lowest BCUT2D eigenvalue weighted by Gasteiger charge is -2.27. The van der Waals surface area contributed by atoms with E-state index in [-0.39, 0.29) is 22.9 Å². The largest absolute Gasteiger partial charge is 0.372 e. The Morgan fingerprint density at radius 2 is 1.97 bits per heavy atom. The van der Waals surface area contributed by atoms with Gasteiger partial charge in [0.1, 0.15) is 6.10 Å². The molecule has 4 heterocycles. The highest BCUT2D eigenvalue weighted by molar-refractivity contribution is 5.60. The first-order chi connectivity index (χ1) is 16.5. The van der Waals surface area contributed by atoms with Gasteiger partial charge in [-0.1, -0.05) is 29.4 Å². The Hall–Kier alpha value is -3.92. The van der Waals surface area contributed by atoms with Crippen molar-refractivity contribution in [3.05, 3.63) is 76.4 Å². The summed E-state index contributed by atoms with van der Waals surface area (Å²) in [5.74, 6) is 0.983. The average Bonchev–Trinajstić information content (AvgIpc) is 3.13. The summed E-state index contributed by atoms with van der Waals surface area (Å²) in [5, 5.41) is 3.96. The zero-order valence-corrected chi connectivity index (χ0v) is 18.8. The predicted molar refractivity (Wildman–Crippen MR) is 123 cm³/mol. The van der Waals surface area contributed by atoms with Crippen LogP contribution in [0.1, 0.15) is 24.0 Å². The van der Waals surface area contributed by atoms with E-state index in [9.17, 15) is 9.18 Å². The second kappa shape index (κ2) is 9.14. The minimum atomic E-state index is -0.525. The molecule has 0 unspecified atom stereocenters. The van der Waals surface area contributed by atoms with E-state index in [4.69, 9.17) is 9.26 Å². The van der Waals surface area contributed by atoms with Crippen LogP contribution in [0.2, 0.25) is 0 Å². The van der Waals surface area contributed by atoms with Gasteiger partial charge in [-0.3, -0.25) is 14.3 Å². The van der Waals surface area contributed by atoms with E-state index in [0.29, 0.717) is 37.4 Å². The van der Waals surface area contributed by atoms with Crippen LogP contribution in [0.25, 0.3) is 22.6 Å². The normalized spacial score (nSPS) is 16.4. The van der Waals surface area contributed by atoms with Crippen LogP contribution in [0, 0.1) is 12.7 Å². The lowest BCUT2D eigenvalue weighted by atomic mass is 10.1. The fourth-order valence-corrected chi connectivity index (χ4v) is 4.00. The van der Waals surface area contributed by atoms with Crippen LogP contribution >= 0.6 is 0 Å². The fraction of sp³-hybridized carbons (Fsp3) is 0.292. The SMILES string of the molecule is Cc1nc(-c2ccc([C@H]3CN(c4nc(-c5ccncc5F)cc(=O)n4C)CCCO3)cc2)no1. The summed E-state index contributed by atoms with van der Waals surface area (Å²) in [4.78, 5) is 27.4. The van der Waals surface area contributed by atoms with Gasteiger partial charge in [0.2, 0.25) is 17.7 Å². The maximum atomic E-state index is 14.3. The molecule has 0 radical (unpaired) electrons. The van der Waals surface area contributed by atoms with Crippen LogP contribution in [-0.2, 0) is 11.8 Å². The molecule has 10 heteroatoms. The Morgan fingerprint density at radius 3 is 2.71 bits per heavy atom. The zero-order chi connectivity index (χ0) is 23.7. The van der Waals surface area contributed by atoms with Crippen LogP contribution < -0.4 is 10.5 Å². The number of halogens is 1. The molecule has 0 bridgehead atoms. The molecule has 1 atom stereocenters. The van der Waals surface area contributed by atoms with Crippen molar-refractivity contribution in [2.45, 2.75) is 19.4 Å². The number of ether oxygens (including phenoxy) is 1. The van der Waals surface area contributed by atoms with E-state index < -0.39 is 5.82 Å². The molecule has 4 aromatic rings. The number of pyridine rings is 1. The standard InChI is InChI=1S/C24H23FN6O3/c1-15-27-23(29-34-15)17-6-4-16(5-7-17)21-14-31(10-3-11-33-21)24-28-20(12-22(32)30(24)2)18-8-9-26-13-19(18)25/h4-9,12-13,21H,3,10-11,14H2,1-2H3/t21-/m1/s1. The van der Waals surface area contributed by atoms with E-state index in [1.54, 1.807) is 14.0 Å². The molecule has 34 heavy (non-hydrogen) atoms. The van der Waals surface area contributed by atoms with Crippen molar-refractivity contribution in [2.24, 2.45) is 7.05 Å². The van der Waals surface area contributed by atoms with Gasteiger partial charge in [-0.2, -0.15) is 4.98 Å². The zero-order valence-electron chi connectivity index (χ0n) is 18.8. The van der Waals surface area contributed by atoms with Gasteiger partial charge in [0.15, 0.2) is 5.82 Å². The third-order valence-corrected chi connectivity index (χ3v) is 5.79. The van der Waals surface area contributed by atoms with Gasteiger partial charge in [0.05, 0.1) is 18.4 Å². The van der Waals surface area contributed by atoms with Crippen molar-refractivity contribution < 1.29 is 13.7 Å². The monoisotopic (exact) mass is 462 g/mol. The van der Waals surface area contributed by atoms with Gasteiger partial charge in [0, 0.05) is 50.5 Å². The fourth-order valence-electron chi connectivity index (χ4n) is 4.00. The Balaban J connectivity index is 1.45. The van der Waals surface area contributed by atoms with Crippen LogP contribution in [0.3, 0.4) is 0 Å². The van der Waals surface area contributed by atoms with E-state index in [1.807, 2.05) is 29.2 Å². The van der Waals surface area contributed by atoms with Crippen molar-refractivity contribution in [1.82, 2.24) is 24.7 Å². The topological polar surface area (TPSA) is 99.2 Å². The van der Waals surface area contributed by atoms with Crippen LogP contribution in [0.5, 0.6) is 0 Å². The van der Waals surface area contributed by atoms with Crippen LogP contribution in [-0.4, -0.2) is 44.4 Å². The molecule has 5 rings (SSSR count). The Morgan fingerprint density at radius 1 is 1.15 bits per heavy atom. The van der Waals surface area contributed by atoms with Gasteiger partial charge in [-0.25, -0.2) is 9.37 Å². The minimum absolute atomic E-state index is 0.234. The summed E-state index contributed by atoms with van der Waals surface area (Å²) in [7, 11) is 1.67. The molecule has 0 saturated carbocycles. The van der Waals surface area contributed by atoms with Crippen molar-refractivity contribution in [1.29, 1.82) is 0 Å². The van der Waals surface area contributed by atoms with E-state index >= 15 is 0 Å².